The summed E-state index contributed by atoms with van der Waals surface area (Å²) in [5.41, 5.74) is 12.7. The lowest BCUT2D eigenvalue weighted by molar-refractivity contribution is 0.0628. The lowest BCUT2D eigenvalue weighted by atomic mass is 10.1. The van der Waals surface area contributed by atoms with Crippen LogP contribution in [0.3, 0.4) is 0 Å². The Morgan fingerprint density at radius 2 is 1.74 bits per heavy atom. The molecule has 0 atom stereocenters. The minimum atomic E-state index is -0.168. The molecule has 1 aromatic rings. The number of carbonyl (C=O) groups is 1. The highest BCUT2D eigenvalue weighted by Crippen LogP contribution is 2.20. The molecule has 0 heterocycles. The van der Waals surface area contributed by atoms with E-state index in [1.54, 1.807) is 37.3 Å². The first-order valence-electron chi connectivity index (χ1n) is 6.03. The molecule has 0 aliphatic carbocycles. The van der Waals surface area contributed by atoms with Gasteiger partial charge in [-0.2, -0.15) is 0 Å². The SMILES string of the molecule is COCCN(CCOC)C(=O)c1cccc(N)c1N. The molecule has 0 radical (unpaired) electrons. The van der Waals surface area contributed by atoms with Gasteiger partial charge in [-0.3, -0.25) is 4.79 Å². The van der Waals surface area contributed by atoms with Crippen molar-refractivity contribution in [2.45, 2.75) is 0 Å². The van der Waals surface area contributed by atoms with Crippen molar-refractivity contribution in [3.05, 3.63) is 23.8 Å². The van der Waals surface area contributed by atoms with Crippen molar-refractivity contribution in [1.29, 1.82) is 0 Å². The van der Waals surface area contributed by atoms with Gasteiger partial charge in [0.2, 0.25) is 0 Å². The number of amides is 1. The van der Waals surface area contributed by atoms with E-state index in [-0.39, 0.29) is 5.91 Å². The van der Waals surface area contributed by atoms with Gasteiger partial charge in [0.15, 0.2) is 0 Å². The molecule has 1 amide bonds. The molecule has 106 valence electrons. The Kier molecular flexibility index (Phi) is 6.11. The standard InChI is InChI=1S/C13H21N3O3/c1-18-8-6-16(7-9-19-2)13(17)10-4-3-5-11(14)12(10)15/h3-5H,6-9,14-15H2,1-2H3. The maximum absolute atomic E-state index is 12.4. The van der Waals surface area contributed by atoms with Crippen LogP contribution in [0.2, 0.25) is 0 Å². The second-order valence-electron chi connectivity index (χ2n) is 4.09. The molecule has 0 bridgehead atoms. The molecule has 0 saturated heterocycles. The summed E-state index contributed by atoms with van der Waals surface area (Å²) in [6.45, 7) is 1.87. The Balaban J connectivity index is 2.87. The number of methoxy groups -OCH3 is 2. The van der Waals surface area contributed by atoms with Crippen LogP contribution >= 0.6 is 0 Å². The zero-order valence-electron chi connectivity index (χ0n) is 11.4. The molecule has 1 aromatic carbocycles. The number of benzene rings is 1. The van der Waals surface area contributed by atoms with E-state index in [0.717, 1.165) is 0 Å². The van der Waals surface area contributed by atoms with E-state index in [2.05, 4.69) is 0 Å². The van der Waals surface area contributed by atoms with Gasteiger partial charge in [0, 0.05) is 27.3 Å². The van der Waals surface area contributed by atoms with Gasteiger partial charge in [0.05, 0.1) is 30.2 Å². The molecule has 6 nitrogen and oxygen atoms in total. The Morgan fingerprint density at radius 1 is 1.16 bits per heavy atom. The van der Waals surface area contributed by atoms with Gasteiger partial charge in [-0.05, 0) is 12.1 Å². The Labute approximate surface area is 113 Å². The average Bonchev–Trinajstić information content (AvgIpc) is 2.41. The fraction of sp³-hybridized carbons (Fsp3) is 0.462. The first kappa shape index (κ1) is 15.3. The topological polar surface area (TPSA) is 90.8 Å². The molecule has 1 rings (SSSR count). The normalized spacial score (nSPS) is 10.4. The van der Waals surface area contributed by atoms with Crippen molar-refractivity contribution in [3.8, 4) is 0 Å². The molecule has 0 aliphatic rings. The number of nitrogen functional groups attached to an aromatic ring is 2. The molecule has 0 unspecified atom stereocenters. The van der Waals surface area contributed by atoms with Crippen LogP contribution in [-0.2, 0) is 9.47 Å². The average molecular weight is 267 g/mol. The molecule has 19 heavy (non-hydrogen) atoms. The quantitative estimate of drug-likeness (QED) is 0.705. The Hall–Kier alpha value is -1.79. The minimum absolute atomic E-state index is 0.168. The van der Waals surface area contributed by atoms with Crippen molar-refractivity contribution < 1.29 is 14.3 Å². The summed E-state index contributed by atoms with van der Waals surface area (Å²) in [5, 5.41) is 0. The maximum Gasteiger partial charge on any atom is 0.256 e. The third-order valence-electron chi connectivity index (χ3n) is 2.79. The summed E-state index contributed by atoms with van der Waals surface area (Å²) in [7, 11) is 3.18. The largest absolute Gasteiger partial charge is 0.397 e. The van der Waals surface area contributed by atoms with Gasteiger partial charge in [-0.1, -0.05) is 6.07 Å². The summed E-state index contributed by atoms with van der Waals surface area (Å²) < 4.78 is 10.0. The highest BCUT2D eigenvalue weighted by atomic mass is 16.5. The number of carbonyl (C=O) groups excluding carboxylic acids is 1. The van der Waals surface area contributed by atoms with E-state index >= 15 is 0 Å². The van der Waals surface area contributed by atoms with E-state index in [0.29, 0.717) is 43.2 Å². The Morgan fingerprint density at radius 3 is 2.26 bits per heavy atom. The lowest BCUT2D eigenvalue weighted by Crippen LogP contribution is -2.36. The van der Waals surface area contributed by atoms with Crippen LogP contribution in [-0.4, -0.2) is 51.3 Å². The van der Waals surface area contributed by atoms with Crippen LogP contribution in [0.1, 0.15) is 10.4 Å². The van der Waals surface area contributed by atoms with Crippen LogP contribution in [0, 0.1) is 0 Å². The molecule has 0 fully saturated rings. The molecule has 0 aromatic heterocycles. The maximum atomic E-state index is 12.4. The number of hydrogen-bond donors (Lipinski definition) is 2. The summed E-state index contributed by atoms with van der Waals surface area (Å²) in [4.78, 5) is 14.0. The monoisotopic (exact) mass is 267 g/mol. The van der Waals surface area contributed by atoms with Crippen LogP contribution < -0.4 is 11.5 Å². The third-order valence-corrected chi connectivity index (χ3v) is 2.79. The van der Waals surface area contributed by atoms with Gasteiger partial charge in [0.25, 0.3) is 5.91 Å². The third kappa shape index (κ3) is 4.11. The summed E-state index contributed by atoms with van der Waals surface area (Å²) >= 11 is 0. The Bertz CT molecular complexity index is 416. The summed E-state index contributed by atoms with van der Waals surface area (Å²) in [6.07, 6.45) is 0. The molecule has 0 saturated carbocycles. The zero-order chi connectivity index (χ0) is 14.3. The van der Waals surface area contributed by atoms with Crippen molar-refractivity contribution >= 4 is 17.3 Å². The number of para-hydroxylation sites is 1. The highest BCUT2D eigenvalue weighted by Gasteiger charge is 2.18. The van der Waals surface area contributed by atoms with Crippen LogP contribution in [0.5, 0.6) is 0 Å². The smallest absolute Gasteiger partial charge is 0.256 e. The van der Waals surface area contributed by atoms with Crippen molar-refractivity contribution in [2.24, 2.45) is 0 Å². The molecule has 6 heteroatoms. The van der Waals surface area contributed by atoms with Crippen molar-refractivity contribution in [2.75, 3.05) is 52.0 Å². The number of anilines is 2. The second-order valence-corrected chi connectivity index (χ2v) is 4.09. The zero-order valence-corrected chi connectivity index (χ0v) is 11.4. The minimum Gasteiger partial charge on any atom is -0.397 e. The first-order valence-corrected chi connectivity index (χ1v) is 6.03. The number of rotatable bonds is 7. The molecule has 0 spiro atoms. The lowest BCUT2D eigenvalue weighted by Gasteiger charge is -2.23. The van der Waals surface area contributed by atoms with E-state index in [9.17, 15) is 4.79 Å². The number of nitrogens with two attached hydrogens (primary N) is 2. The van der Waals surface area contributed by atoms with Gasteiger partial charge in [-0.15, -0.1) is 0 Å². The predicted molar refractivity (Wildman–Crippen MR) is 74.9 cm³/mol. The molecule has 4 N–H and O–H groups in total. The fourth-order valence-corrected chi connectivity index (χ4v) is 1.66. The number of hydrogen-bond acceptors (Lipinski definition) is 5. The van der Waals surface area contributed by atoms with Crippen LogP contribution in [0.25, 0.3) is 0 Å². The number of nitrogens with zero attached hydrogens (tertiary/aromatic N) is 1. The van der Waals surface area contributed by atoms with Gasteiger partial charge in [-0.25, -0.2) is 0 Å². The molecular formula is C13H21N3O3. The van der Waals surface area contributed by atoms with Gasteiger partial charge < -0.3 is 25.8 Å². The van der Waals surface area contributed by atoms with E-state index < -0.39 is 0 Å². The van der Waals surface area contributed by atoms with E-state index in [4.69, 9.17) is 20.9 Å². The highest BCUT2D eigenvalue weighted by molar-refractivity contribution is 6.01. The summed E-state index contributed by atoms with van der Waals surface area (Å²) in [6, 6.07) is 5.05. The van der Waals surface area contributed by atoms with E-state index in [1.165, 1.54) is 0 Å². The van der Waals surface area contributed by atoms with Crippen molar-refractivity contribution in [1.82, 2.24) is 4.90 Å². The van der Waals surface area contributed by atoms with Crippen LogP contribution in [0.4, 0.5) is 11.4 Å². The van der Waals surface area contributed by atoms with E-state index in [1.807, 2.05) is 0 Å². The number of ether oxygens (including phenoxy) is 2. The van der Waals surface area contributed by atoms with Gasteiger partial charge >= 0.3 is 0 Å². The first-order chi connectivity index (χ1) is 9.11. The van der Waals surface area contributed by atoms with Gasteiger partial charge in [0.1, 0.15) is 0 Å². The van der Waals surface area contributed by atoms with Crippen LogP contribution in [0.15, 0.2) is 18.2 Å². The molecule has 0 aliphatic heterocycles. The predicted octanol–water partition coefficient (Wildman–Crippen LogP) is 0.586. The second kappa shape index (κ2) is 7.60. The van der Waals surface area contributed by atoms with Crippen molar-refractivity contribution in [3.63, 3.8) is 0 Å². The fourth-order valence-electron chi connectivity index (χ4n) is 1.66. The molecular weight excluding hydrogens is 246 g/mol. The summed E-state index contributed by atoms with van der Waals surface area (Å²) in [5.74, 6) is -0.168.